The number of hydrogen-bond donors (Lipinski definition) is 1. The van der Waals surface area contributed by atoms with Crippen LogP contribution in [0.1, 0.15) is 23.2 Å². The Balaban J connectivity index is 1.98. The minimum atomic E-state index is 0.00856. The van der Waals surface area contributed by atoms with Gasteiger partial charge in [-0.1, -0.05) is 0 Å². The van der Waals surface area contributed by atoms with Crippen molar-refractivity contribution in [3.05, 3.63) is 17.7 Å². The molecule has 1 saturated heterocycles. The van der Waals surface area contributed by atoms with Crippen LogP contribution >= 0.6 is 0 Å². The second-order valence-corrected chi connectivity index (χ2v) is 4.56. The van der Waals surface area contributed by atoms with Crippen molar-refractivity contribution < 1.29 is 14.3 Å². The van der Waals surface area contributed by atoms with E-state index in [-0.39, 0.29) is 5.91 Å². The van der Waals surface area contributed by atoms with Gasteiger partial charge in [-0.05, 0) is 25.0 Å². The van der Waals surface area contributed by atoms with Crippen LogP contribution in [0.15, 0.2) is 12.1 Å². The molecule has 2 heterocycles. The third-order valence-electron chi connectivity index (χ3n) is 3.34. The zero-order valence-electron chi connectivity index (χ0n) is 10.1. The van der Waals surface area contributed by atoms with Gasteiger partial charge in [-0.25, -0.2) is 0 Å². The van der Waals surface area contributed by atoms with Gasteiger partial charge in [0.2, 0.25) is 0 Å². The van der Waals surface area contributed by atoms with Crippen molar-refractivity contribution in [1.82, 2.24) is 4.90 Å². The minimum absolute atomic E-state index is 0.00856. The van der Waals surface area contributed by atoms with Gasteiger partial charge in [0, 0.05) is 13.1 Å². The van der Waals surface area contributed by atoms with Crippen molar-refractivity contribution in [2.75, 3.05) is 32.0 Å². The second kappa shape index (κ2) is 4.40. The van der Waals surface area contributed by atoms with Crippen LogP contribution in [0.2, 0.25) is 0 Å². The Bertz CT molecular complexity index is 481. The Hall–Kier alpha value is -1.91. The van der Waals surface area contributed by atoms with Crippen LogP contribution in [-0.2, 0) is 0 Å². The first-order chi connectivity index (χ1) is 8.77. The first-order valence-electron chi connectivity index (χ1n) is 6.25. The van der Waals surface area contributed by atoms with Crippen LogP contribution in [0.3, 0.4) is 0 Å². The molecule has 2 aliphatic heterocycles. The summed E-state index contributed by atoms with van der Waals surface area (Å²) in [5.74, 6) is 1.01. The zero-order valence-corrected chi connectivity index (χ0v) is 10.1. The summed E-state index contributed by atoms with van der Waals surface area (Å²) in [4.78, 5) is 14.2. The third-order valence-corrected chi connectivity index (χ3v) is 3.34. The number of carbonyl (C=O) groups excluding carboxylic acids is 1. The second-order valence-electron chi connectivity index (χ2n) is 4.56. The van der Waals surface area contributed by atoms with Crippen molar-refractivity contribution in [3.63, 3.8) is 0 Å². The van der Waals surface area contributed by atoms with E-state index in [0.29, 0.717) is 36.0 Å². The van der Waals surface area contributed by atoms with Gasteiger partial charge in [0.25, 0.3) is 5.91 Å². The molecule has 1 aromatic rings. The molecule has 0 unspecified atom stereocenters. The van der Waals surface area contributed by atoms with E-state index < -0.39 is 0 Å². The molecule has 5 nitrogen and oxygen atoms in total. The van der Waals surface area contributed by atoms with Crippen molar-refractivity contribution in [3.8, 4) is 11.5 Å². The number of anilines is 1. The Morgan fingerprint density at radius 2 is 1.78 bits per heavy atom. The van der Waals surface area contributed by atoms with E-state index in [2.05, 4.69) is 0 Å². The topological polar surface area (TPSA) is 64.8 Å². The van der Waals surface area contributed by atoms with Crippen molar-refractivity contribution in [1.29, 1.82) is 0 Å². The molecule has 96 valence electrons. The predicted molar refractivity (Wildman–Crippen MR) is 67.0 cm³/mol. The Kier molecular flexibility index (Phi) is 2.74. The van der Waals surface area contributed by atoms with E-state index in [1.165, 1.54) is 0 Å². The summed E-state index contributed by atoms with van der Waals surface area (Å²) in [5.41, 5.74) is 6.91. The predicted octanol–water partition coefficient (Wildman–Crippen LogP) is 1.28. The van der Waals surface area contributed by atoms with Gasteiger partial charge in [-0.15, -0.1) is 0 Å². The normalized spacial score (nSPS) is 17.9. The largest absolute Gasteiger partial charge is 0.485 e. The highest BCUT2D eigenvalue weighted by Gasteiger charge is 2.27. The Labute approximate surface area is 105 Å². The molecule has 0 radical (unpaired) electrons. The summed E-state index contributed by atoms with van der Waals surface area (Å²) in [6, 6.07) is 3.43. The summed E-state index contributed by atoms with van der Waals surface area (Å²) >= 11 is 0. The molecule has 2 N–H and O–H groups in total. The van der Waals surface area contributed by atoms with E-state index in [0.717, 1.165) is 25.9 Å². The number of hydrogen-bond acceptors (Lipinski definition) is 4. The fraction of sp³-hybridized carbons (Fsp3) is 0.462. The number of amides is 1. The number of carbonyl (C=O) groups is 1. The number of nitrogens with two attached hydrogens (primary N) is 1. The maximum Gasteiger partial charge on any atom is 0.257 e. The van der Waals surface area contributed by atoms with Gasteiger partial charge in [0.05, 0.1) is 11.3 Å². The first kappa shape index (κ1) is 11.2. The molecule has 0 saturated carbocycles. The van der Waals surface area contributed by atoms with Crippen molar-refractivity contribution >= 4 is 11.6 Å². The molecule has 18 heavy (non-hydrogen) atoms. The lowest BCUT2D eigenvalue weighted by atomic mass is 10.1. The number of ether oxygens (including phenoxy) is 2. The third kappa shape index (κ3) is 1.75. The molecule has 0 spiro atoms. The van der Waals surface area contributed by atoms with Crippen molar-refractivity contribution in [2.45, 2.75) is 12.8 Å². The fourth-order valence-electron chi connectivity index (χ4n) is 2.42. The van der Waals surface area contributed by atoms with Crippen LogP contribution in [0.25, 0.3) is 0 Å². The number of rotatable bonds is 1. The fourth-order valence-corrected chi connectivity index (χ4v) is 2.42. The van der Waals surface area contributed by atoms with Gasteiger partial charge in [0.15, 0.2) is 11.5 Å². The molecule has 1 amide bonds. The highest BCUT2D eigenvalue weighted by Crippen LogP contribution is 2.39. The molecule has 5 heteroatoms. The molecular formula is C13H16N2O3. The Morgan fingerprint density at radius 1 is 1.11 bits per heavy atom. The maximum atomic E-state index is 12.4. The number of nitrogens with zero attached hydrogens (tertiary/aromatic N) is 1. The minimum Gasteiger partial charge on any atom is -0.485 e. The van der Waals surface area contributed by atoms with Crippen LogP contribution in [-0.4, -0.2) is 37.1 Å². The van der Waals surface area contributed by atoms with E-state index >= 15 is 0 Å². The highest BCUT2D eigenvalue weighted by atomic mass is 16.6. The smallest absolute Gasteiger partial charge is 0.257 e. The standard InChI is InChI=1S/C13H16N2O3/c14-10-4-3-9(11-12(10)18-8-7-17-11)13(16)15-5-1-2-6-15/h3-4H,1-2,5-8,14H2. The van der Waals surface area contributed by atoms with E-state index in [4.69, 9.17) is 15.2 Å². The highest BCUT2D eigenvalue weighted by molar-refractivity contribution is 5.99. The lowest BCUT2D eigenvalue weighted by molar-refractivity contribution is 0.0782. The van der Waals surface area contributed by atoms with E-state index in [9.17, 15) is 4.79 Å². The molecule has 0 atom stereocenters. The lowest BCUT2D eigenvalue weighted by Gasteiger charge is -2.24. The maximum absolute atomic E-state index is 12.4. The molecule has 1 aromatic carbocycles. The summed E-state index contributed by atoms with van der Waals surface area (Å²) in [7, 11) is 0. The van der Waals surface area contributed by atoms with Gasteiger partial charge in [-0.3, -0.25) is 4.79 Å². The number of likely N-dealkylation sites (tertiary alicyclic amines) is 1. The van der Waals surface area contributed by atoms with E-state index in [1.54, 1.807) is 12.1 Å². The number of fused-ring (bicyclic) bond motifs is 1. The van der Waals surface area contributed by atoms with E-state index in [1.807, 2.05) is 4.90 Å². The SMILES string of the molecule is Nc1ccc(C(=O)N2CCCC2)c2c1OCCO2. The molecule has 3 rings (SSSR count). The lowest BCUT2D eigenvalue weighted by Crippen LogP contribution is -2.29. The average Bonchev–Trinajstić information content (AvgIpc) is 2.93. The molecule has 2 aliphatic rings. The van der Waals surface area contributed by atoms with Crippen LogP contribution < -0.4 is 15.2 Å². The first-order valence-corrected chi connectivity index (χ1v) is 6.25. The summed E-state index contributed by atoms with van der Waals surface area (Å²) in [6.07, 6.45) is 2.14. The zero-order chi connectivity index (χ0) is 12.5. The monoisotopic (exact) mass is 248 g/mol. The number of nitrogen functional groups attached to an aromatic ring is 1. The number of benzene rings is 1. The molecular weight excluding hydrogens is 232 g/mol. The summed E-state index contributed by atoms with van der Waals surface area (Å²) in [5, 5.41) is 0. The quantitative estimate of drug-likeness (QED) is 0.760. The van der Waals surface area contributed by atoms with Crippen LogP contribution in [0, 0.1) is 0 Å². The Morgan fingerprint density at radius 3 is 2.50 bits per heavy atom. The van der Waals surface area contributed by atoms with Crippen molar-refractivity contribution in [2.24, 2.45) is 0 Å². The molecule has 0 aliphatic carbocycles. The molecule has 0 aromatic heterocycles. The van der Waals surface area contributed by atoms with Crippen LogP contribution in [0.5, 0.6) is 11.5 Å². The molecule has 0 bridgehead atoms. The van der Waals surface area contributed by atoms with Crippen LogP contribution in [0.4, 0.5) is 5.69 Å². The summed E-state index contributed by atoms with van der Waals surface area (Å²) < 4.78 is 11.1. The average molecular weight is 248 g/mol. The summed E-state index contributed by atoms with van der Waals surface area (Å²) in [6.45, 7) is 2.56. The molecule has 1 fully saturated rings. The van der Waals surface area contributed by atoms with Gasteiger partial charge in [0.1, 0.15) is 13.2 Å². The van der Waals surface area contributed by atoms with Gasteiger partial charge in [-0.2, -0.15) is 0 Å². The van der Waals surface area contributed by atoms with Gasteiger partial charge < -0.3 is 20.1 Å². The van der Waals surface area contributed by atoms with Gasteiger partial charge >= 0.3 is 0 Å².